The first kappa shape index (κ1) is 12.8. The van der Waals surface area contributed by atoms with Crippen LogP contribution in [0.4, 0.5) is 0 Å². The minimum absolute atomic E-state index is 0.0672. The molecule has 2 aliphatic heterocycles. The molecule has 2 aliphatic rings. The average molecular weight is 240 g/mol. The van der Waals surface area contributed by atoms with Crippen molar-refractivity contribution in [3.8, 4) is 0 Å². The summed E-state index contributed by atoms with van der Waals surface area (Å²) >= 11 is 0. The molecule has 2 saturated heterocycles. The summed E-state index contributed by atoms with van der Waals surface area (Å²) in [5.41, 5.74) is 0. The zero-order valence-corrected chi connectivity index (χ0v) is 10.9. The molecule has 2 fully saturated rings. The third-order valence-electron chi connectivity index (χ3n) is 3.89. The highest BCUT2D eigenvalue weighted by molar-refractivity contribution is 5.77. The van der Waals surface area contributed by atoms with E-state index in [9.17, 15) is 4.79 Å². The molecule has 1 amide bonds. The van der Waals surface area contributed by atoms with E-state index in [1.165, 1.54) is 6.42 Å². The number of morpholine rings is 1. The van der Waals surface area contributed by atoms with E-state index in [1.54, 1.807) is 0 Å². The Morgan fingerprint density at radius 1 is 1.35 bits per heavy atom. The lowest BCUT2D eigenvalue weighted by atomic mass is 9.96. The fourth-order valence-electron chi connectivity index (χ4n) is 2.96. The molecule has 0 aromatic heterocycles. The van der Waals surface area contributed by atoms with Crippen molar-refractivity contribution < 1.29 is 9.53 Å². The molecular formula is C13H24N2O2. The van der Waals surface area contributed by atoms with E-state index >= 15 is 0 Å². The van der Waals surface area contributed by atoms with Gasteiger partial charge in [-0.2, -0.15) is 0 Å². The first-order valence-corrected chi connectivity index (χ1v) is 6.82. The lowest BCUT2D eigenvalue weighted by Gasteiger charge is -2.40. The van der Waals surface area contributed by atoms with Crippen LogP contribution in [-0.2, 0) is 9.53 Å². The molecule has 1 N–H and O–H groups in total. The summed E-state index contributed by atoms with van der Waals surface area (Å²) in [7, 11) is 0. The van der Waals surface area contributed by atoms with Crippen molar-refractivity contribution >= 4 is 5.91 Å². The second-order valence-corrected chi connectivity index (χ2v) is 5.33. The monoisotopic (exact) mass is 240 g/mol. The van der Waals surface area contributed by atoms with Crippen molar-refractivity contribution in [3.05, 3.63) is 0 Å². The highest BCUT2D eigenvalue weighted by Crippen LogP contribution is 2.23. The van der Waals surface area contributed by atoms with Crippen molar-refractivity contribution in [2.75, 3.05) is 19.7 Å². The van der Waals surface area contributed by atoms with E-state index in [4.69, 9.17) is 4.74 Å². The van der Waals surface area contributed by atoms with Gasteiger partial charge in [-0.15, -0.1) is 0 Å². The quantitative estimate of drug-likeness (QED) is 0.787. The number of hydrogen-bond donors (Lipinski definition) is 1. The normalized spacial score (nSPS) is 34.7. The van der Waals surface area contributed by atoms with Crippen molar-refractivity contribution in [3.63, 3.8) is 0 Å². The van der Waals surface area contributed by atoms with Gasteiger partial charge >= 0.3 is 0 Å². The van der Waals surface area contributed by atoms with Gasteiger partial charge < -0.3 is 15.0 Å². The lowest BCUT2D eigenvalue weighted by molar-refractivity contribution is -0.140. The Balaban J connectivity index is 1.88. The Morgan fingerprint density at radius 2 is 2.06 bits per heavy atom. The first-order chi connectivity index (χ1) is 8.18. The minimum atomic E-state index is 0.0672. The summed E-state index contributed by atoms with van der Waals surface area (Å²) in [5.74, 6) is 0.262. The molecule has 17 heavy (non-hydrogen) atoms. The van der Waals surface area contributed by atoms with Gasteiger partial charge in [0.1, 0.15) is 0 Å². The summed E-state index contributed by atoms with van der Waals surface area (Å²) in [5, 5.41) is 3.27. The zero-order valence-electron chi connectivity index (χ0n) is 10.9. The topological polar surface area (TPSA) is 41.6 Å². The summed E-state index contributed by atoms with van der Waals surface area (Å²) in [6.45, 7) is 6.76. The highest BCUT2D eigenvalue weighted by Gasteiger charge is 2.30. The summed E-state index contributed by atoms with van der Waals surface area (Å²) in [4.78, 5) is 14.4. The van der Waals surface area contributed by atoms with Crippen LogP contribution in [0, 0.1) is 0 Å². The van der Waals surface area contributed by atoms with E-state index in [1.807, 2.05) is 0 Å². The Bertz CT molecular complexity index is 254. The molecule has 4 heteroatoms. The van der Waals surface area contributed by atoms with Gasteiger partial charge in [-0.3, -0.25) is 4.79 Å². The standard InChI is InChI=1S/C13H24N2O2/c1-10-4-3-5-11(2)15(10)13(16)8-12-9-14-6-7-17-12/h10-12,14H,3-9H2,1-2H3. The van der Waals surface area contributed by atoms with Gasteiger partial charge in [0.2, 0.25) is 5.91 Å². The maximum Gasteiger partial charge on any atom is 0.225 e. The number of piperidine rings is 1. The number of ether oxygens (including phenoxy) is 1. The molecule has 3 unspecified atom stereocenters. The summed E-state index contributed by atoms with van der Waals surface area (Å²) < 4.78 is 5.60. The van der Waals surface area contributed by atoms with Gasteiger partial charge in [0.25, 0.3) is 0 Å². The summed E-state index contributed by atoms with van der Waals surface area (Å²) in [6, 6.07) is 0.783. The largest absolute Gasteiger partial charge is 0.375 e. The Morgan fingerprint density at radius 3 is 2.65 bits per heavy atom. The van der Waals surface area contributed by atoms with Crippen LogP contribution in [0.5, 0.6) is 0 Å². The predicted molar refractivity (Wildman–Crippen MR) is 66.8 cm³/mol. The van der Waals surface area contributed by atoms with Crippen LogP contribution in [0.3, 0.4) is 0 Å². The Hall–Kier alpha value is -0.610. The molecule has 4 nitrogen and oxygen atoms in total. The number of carbonyl (C=O) groups is 1. The van der Waals surface area contributed by atoms with Gasteiger partial charge in [-0.05, 0) is 33.1 Å². The number of likely N-dealkylation sites (tertiary alicyclic amines) is 1. The van der Waals surface area contributed by atoms with Crippen molar-refractivity contribution in [1.29, 1.82) is 0 Å². The molecule has 0 aromatic carbocycles. The SMILES string of the molecule is CC1CCCC(C)N1C(=O)CC1CNCCO1. The van der Waals surface area contributed by atoms with Gasteiger partial charge in [0, 0.05) is 25.2 Å². The van der Waals surface area contributed by atoms with Crippen molar-refractivity contribution in [2.24, 2.45) is 0 Å². The Kier molecular flexibility index (Phi) is 4.40. The molecule has 0 radical (unpaired) electrons. The lowest BCUT2D eigenvalue weighted by Crippen LogP contribution is -2.50. The van der Waals surface area contributed by atoms with Gasteiger partial charge in [-0.1, -0.05) is 0 Å². The fourth-order valence-corrected chi connectivity index (χ4v) is 2.96. The molecule has 0 spiro atoms. The van der Waals surface area contributed by atoms with Gasteiger partial charge in [0.15, 0.2) is 0 Å². The number of rotatable bonds is 2. The van der Waals surface area contributed by atoms with Crippen molar-refractivity contribution in [2.45, 2.75) is 57.7 Å². The van der Waals surface area contributed by atoms with E-state index in [2.05, 4.69) is 24.1 Å². The number of nitrogens with one attached hydrogen (secondary N) is 1. The van der Waals surface area contributed by atoms with Crippen LogP contribution in [0.15, 0.2) is 0 Å². The van der Waals surface area contributed by atoms with Crippen LogP contribution in [0.2, 0.25) is 0 Å². The molecule has 0 bridgehead atoms. The maximum atomic E-state index is 12.3. The van der Waals surface area contributed by atoms with E-state index in [-0.39, 0.29) is 12.0 Å². The van der Waals surface area contributed by atoms with Crippen molar-refractivity contribution in [1.82, 2.24) is 10.2 Å². The third kappa shape index (κ3) is 3.19. The smallest absolute Gasteiger partial charge is 0.225 e. The number of carbonyl (C=O) groups excluding carboxylic acids is 1. The molecule has 2 rings (SSSR count). The molecule has 2 heterocycles. The number of hydrogen-bond acceptors (Lipinski definition) is 3. The van der Waals surface area contributed by atoms with E-state index < -0.39 is 0 Å². The van der Waals surface area contributed by atoms with Gasteiger partial charge in [-0.25, -0.2) is 0 Å². The van der Waals surface area contributed by atoms with Crippen LogP contribution >= 0.6 is 0 Å². The fraction of sp³-hybridized carbons (Fsp3) is 0.923. The number of nitrogens with zero attached hydrogens (tertiary/aromatic N) is 1. The molecule has 0 aliphatic carbocycles. The zero-order chi connectivity index (χ0) is 12.3. The Labute approximate surface area is 104 Å². The molecular weight excluding hydrogens is 216 g/mol. The molecule has 98 valence electrons. The van der Waals surface area contributed by atoms with Crippen LogP contribution in [-0.4, -0.2) is 48.7 Å². The second-order valence-electron chi connectivity index (χ2n) is 5.33. The molecule has 3 atom stereocenters. The predicted octanol–water partition coefficient (Wildman–Crippen LogP) is 1.15. The van der Waals surface area contributed by atoms with E-state index in [0.29, 0.717) is 18.5 Å². The van der Waals surface area contributed by atoms with Crippen LogP contribution in [0.1, 0.15) is 39.5 Å². The first-order valence-electron chi connectivity index (χ1n) is 6.82. The maximum absolute atomic E-state index is 12.3. The van der Waals surface area contributed by atoms with Gasteiger partial charge in [0.05, 0.1) is 19.1 Å². The van der Waals surface area contributed by atoms with E-state index in [0.717, 1.165) is 32.5 Å². The molecule has 0 saturated carbocycles. The third-order valence-corrected chi connectivity index (χ3v) is 3.89. The average Bonchev–Trinajstić information content (AvgIpc) is 2.30. The number of amides is 1. The highest BCUT2D eigenvalue weighted by atomic mass is 16.5. The minimum Gasteiger partial charge on any atom is -0.375 e. The van der Waals surface area contributed by atoms with Crippen LogP contribution in [0.25, 0.3) is 0 Å². The summed E-state index contributed by atoms with van der Waals surface area (Å²) in [6.07, 6.45) is 4.12. The second kappa shape index (κ2) is 5.83. The molecule has 0 aromatic rings. The van der Waals surface area contributed by atoms with Crippen LogP contribution < -0.4 is 5.32 Å².